The van der Waals surface area contributed by atoms with Crippen LogP contribution in [-0.2, 0) is 0 Å². The summed E-state index contributed by atoms with van der Waals surface area (Å²) in [4.78, 5) is 0. The van der Waals surface area contributed by atoms with Crippen LogP contribution in [0.1, 0.15) is 38.2 Å². The third kappa shape index (κ3) is 3.07. The molecular formula is C13H16BrN. The standard InChI is InChI=1S/C13H16BrN/c1-3-10(4-2)13(9-15)11-5-7-12(14)8-6-11/h5-8,10,13H,3-4H2,1-2H3. The van der Waals surface area contributed by atoms with Crippen molar-refractivity contribution in [3.8, 4) is 6.07 Å². The van der Waals surface area contributed by atoms with Crippen molar-refractivity contribution in [3.05, 3.63) is 34.3 Å². The average Bonchev–Trinajstić information content (AvgIpc) is 2.27. The molecule has 15 heavy (non-hydrogen) atoms. The highest BCUT2D eigenvalue weighted by Crippen LogP contribution is 2.29. The van der Waals surface area contributed by atoms with Crippen LogP contribution in [0.15, 0.2) is 28.7 Å². The van der Waals surface area contributed by atoms with E-state index in [9.17, 15) is 5.26 Å². The van der Waals surface area contributed by atoms with Gasteiger partial charge in [-0.3, -0.25) is 0 Å². The largest absolute Gasteiger partial charge is 0.198 e. The molecule has 0 radical (unpaired) electrons. The second kappa shape index (κ2) is 5.92. The third-order valence-electron chi connectivity index (χ3n) is 2.89. The summed E-state index contributed by atoms with van der Waals surface area (Å²) in [5.41, 5.74) is 1.13. The van der Waals surface area contributed by atoms with Crippen LogP contribution in [0.5, 0.6) is 0 Å². The first-order valence-electron chi connectivity index (χ1n) is 5.38. The molecular weight excluding hydrogens is 250 g/mol. The molecule has 0 aliphatic rings. The molecule has 1 nitrogen and oxygen atoms in total. The molecule has 0 N–H and O–H groups in total. The number of hydrogen-bond donors (Lipinski definition) is 0. The van der Waals surface area contributed by atoms with Crippen molar-refractivity contribution in [2.75, 3.05) is 0 Å². The summed E-state index contributed by atoms with van der Waals surface area (Å²) in [5.74, 6) is 0.504. The molecule has 0 aliphatic carbocycles. The first-order chi connectivity index (χ1) is 7.22. The molecule has 1 unspecified atom stereocenters. The molecule has 1 aromatic carbocycles. The van der Waals surface area contributed by atoms with Gasteiger partial charge in [-0.2, -0.15) is 5.26 Å². The topological polar surface area (TPSA) is 23.8 Å². The highest BCUT2D eigenvalue weighted by atomic mass is 79.9. The maximum Gasteiger partial charge on any atom is 0.0740 e. The van der Waals surface area contributed by atoms with Gasteiger partial charge in [0.25, 0.3) is 0 Å². The molecule has 0 aromatic heterocycles. The summed E-state index contributed by atoms with van der Waals surface area (Å²) in [6.07, 6.45) is 2.12. The summed E-state index contributed by atoms with van der Waals surface area (Å²) >= 11 is 3.40. The lowest BCUT2D eigenvalue weighted by Gasteiger charge is -2.19. The lowest BCUT2D eigenvalue weighted by atomic mass is 9.84. The molecule has 1 aromatic rings. The van der Waals surface area contributed by atoms with Crippen molar-refractivity contribution in [1.82, 2.24) is 0 Å². The Bertz CT molecular complexity index is 333. The van der Waals surface area contributed by atoms with Crippen LogP contribution in [0.3, 0.4) is 0 Å². The highest BCUT2D eigenvalue weighted by molar-refractivity contribution is 9.10. The first kappa shape index (κ1) is 12.3. The Morgan fingerprint density at radius 3 is 2.13 bits per heavy atom. The lowest BCUT2D eigenvalue weighted by molar-refractivity contribution is 0.453. The van der Waals surface area contributed by atoms with Gasteiger partial charge in [-0.15, -0.1) is 0 Å². The minimum atomic E-state index is 0.0353. The molecule has 0 aliphatic heterocycles. The van der Waals surface area contributed by atoms with Gasteiger partial charge in [0.1, 0.15) is 0 Å². The second-order valence-corrected chi connectivity index (χ2v) is 4.65. The molecule has 0 saturated heterocycles. The number of nitrogens with zero attached hydrogens (tertiary/aromatic N) is 1. The summed E-state index contributed by atoms with van der Waals surface area (Å²) in [6.45, 7) is 4.30. The second-order valence-electron chi connectivity index (χ2n) is 3.73. The van der Waals surface area contributed by atoms with E-state index in [1.807, 2.05) is 24.3 Å². The molecule has 0 spiro atoms. The number of rotatable bonds is 4. The quantitative estimate of drug-likeness (QED) is 0.787. The van der Waals surface area contributed by atoms with Gasteiger partial charge >= 0.3 is 0 Å². The zero-order valence-electron chi connectivity index (χ0n) is 9.20. The summed E-state index contributed by atoms with van der Waals surface area (Å²) < 4.78 is 1.06. The van der Waals surface area contributed by atoms with Gasteiger partial charge in [0.15, 0.2) is 0 Å². The normalized spacial score (nSPS) is 12.5. The summed E-state index contributed by atoms with van der Waals surface area (Å²) in [6, 6.07) is 10.5. The SMILES string of the molecule is CCC(CC)C(C#N)c1ccc(Br)cc1. The number of halogens is 1. The Kier molecular flexibility index (Phi) is 4.84. The minimum Gasteiger partial charge on any atom is -0.198 e. The van der Waals surface area contributed by atoms with Crippen LogP contribution >= 0.6 is 15.9 Å². The molecule has 0 fully saturated rings. The van der Waals surface area contributed by atoms with Crippen LogP contribution in [0, 0.1) is 17.2 Å². The lowest BCUT2D eigenvalue weighted by Crippen LogP contribution is -2.09. The Hall–Kier alpha value is -0.810. The smallest absolute Gasteiger partial charge is 0.0740 e. The van der Waals surface area contributed by atoms with E-state index in [1.54, 1.807) is 0 Å². The van der Waals surface area contributed by atoms with E-state index in [0.29, 0.717) is 5.92 Å². The van der Waals surface area contributed by atoms with E-state index in [1.165, 1.54) is 0 Å². The van der Waals surface area contributed by atoms with E-state index in [2.05, 4.69) is 35.8 Å². The van der Waals surface area contributed by atoms with Crippen molar-refractivity contribution >= 4 is 15.9 Å². The Labute approximate surface area is 100 Å². The zero-order valence-corrected chi connectivity index (χ0v) is 10.8. The molecule has 1 rings (SSSR count). The van der Waals surface area contributed by atoms with Crippen molar-refractivity contribution < 1.29 is 0 Å². The monoisotopic (exact) mass is 265 g/mol. The fourth-order valence-corrected chi connectivity index (χ4v) is 2.15. The summed E-state index contributed by atoms with van der Waals surface area (Å²) in [7, 11) is 0. The molecule has 0 bridgehead atoms. The van der Waals surface area contributed by atoms with E-state index < -0.39 is 0 Å². The number of benzene rings is 1. The molecule has 0 saturated carbocycles. The van der Waals surface area contributed by atoms with Gasteiger partial charge in [-0.25, -0.2) is 0 Å². The van der Waals surface area contributed by atoms with Gasteiger partial charge in [-0.1, -0.05) is 54.8 Å². The van der Waals surface area contributed by atoms with E-state index >= 15 is 0 Å². The van der Waals surface area contributed by atoms with Crippen LogP contribution in [0.4, 0.5) is 0 Å². The highest BCUT2D eigenvalue weighted by Gasteiger charge is 2.19. The van der Waals surface area contributed by atoms with Gasteiger partial charge in [0, 0.05) is 4.47 Å². The predicted molar refractivity (Wildman–Crippen MR) is 66.6 cm³/mol. The molecule has 0 heterocycles. The first-order valence-corrected chi connectivity index (χ1v) is 6.17. The van der Waals surface area contributed by atoms with E-state index in [4.69, 9.17) is 0 Å². The fraction of sp³-hybridized carbons (Fsp3) is 0.462. The minimum absolute atomic E-state index is 0.0353. The van der Waals surface area contributed by atoms with Crippen molar-refractivity contribution in [2.24, 2.45) is 5.92 Å². The molecule has 80 valence electrons. The van der Waals surface area contributed by atoms with Crippen molar-refractivity contribution in [3.63, 3.8) is 0 Å². The van der Waals surface area contributed by atoms with Gasteiger partial charge in [-0.05, 0) is 23.6 Å². The zero-order chi connectivity index (χ0) is 11.3. The fourth-order valence-electron chi connectivity index (χ4n) is 1.88. The van der Waals surface area contributed by atoms with Crippen molar-refractivity contribution in [1.29, 1.82) is 5.26 Å². The van der Waals surface area contributed by atoms with Gasteiger partial charge in [0.05, 0.1) is 12.0 Å². The number of hydrogen-bond acceptors (Lipinski definition) is 1. The van der Waals surface area contributed by atoms with Gasteiger partial charge < -0.3 is 0 Å². The molecule has 2 heteroatoms. The average molecular weight is 266 g/mol. The summed E-state index contributed by atoms with van der Waals surface area (Å²) in [5, 5.41) is 9.22. The maximum atomic E-state index is 9.22. The number of nitriles is 1. The van der Waals surface area contributed by atoms with Crippen LogP contribution in [-0.4, -0.2) is 0 Å². The predicted octanol–water partition coefficient (Wildman–Crippen LogP) is 4.49. The van der Waals surface area contributed by atoms with Crippen LogP contribution in [0.25, 0.3) is 0 Å². The van der Waals surface area contributed by atoms with Crippen molar-refractivity contribution in [2.45, 2.75) is 32.6 Å². The van der Waals surface area contributed by atoms with E-state index in [-0.39, 0.29) is 5.92 Å². The van der Waals surface area contributed by atoms with Crippen LogP contribution < -0.4 is 0 Å². The Balaban J connectivity index is 2.92. The Morgan fingerprint density at radius 2 is 1.73 bits per heavy atom. The third-order valence-corrected chi connectivity index (χ3v) is 3.42. The van der Waals surface area contributed by atoms with Crippen LogP contribution in [0.2, 0.25) is 0 Å². The maximum absolute atomic E-state index is 9.22. The van der Waals surface area contributed by atoms with Gasteiger partial charge in [0.2, 0.25) is 0 Å². The Morgan fingerprint density at radius 1 is 1.20 bits per heavy atom. The molecule has 0 amide bonds. The molecule has 1 atom stereocenters. The van der Waals surface area contributed by atoms with E-state index in [0.717, 1.165) is 22.9 Å².